The summed E-state index contributed by atoms with van der Waals surface area (Å²) in [7, 11) is 0. The van der Waals surface area contributed by atoms with Gasteiger partial charge >= 0.3 is 12.3 Å². The number of hydrogen-bond acceptors (Lipinski definition) is 5. The molecule has 2 amide bonds. The normalized spacial score (nSPS) is 28.7. The van der Waals surface area contributed by atoms with Crippen LogP contribution in [0.25, 0.3) is 0 Å². The van der Waals surface area contributed by atoms with E-state index in [9.17, 15) is 22.8 Å². The van der Waals surface area contributed by atoms with Gasteiger partial charge in [-0.3, -0.25) is 4.79 Å². The first-order chi connectivity index (χ1) is 14.8. The number of fused-ring (bicyclic) bond motifs is 1. The van der Waals surface area contributed by atoms with Crippen LogP contribution in [0.2, 0.25) is 0 Å². The van der Waals surface area contributed by atoms with Crippen LogP contribution in [0.15, 0.2) is 24.3 Å². The van der Waals surface area contributed by atoms with Crippen molar-refractivity contribution < 1.29 is 37.0 Å². The third kappa shape index (κ3) is 5.12. The van der Waals surface area contributed by atoms with Gasteiger partial charge in [-0.1, -0.05) is 19.3 Å². The minimum atomic E-state index is -4.46. The predicted octanol–water partition coefficient (Wildman–Crippen LogP) is 3.03. The molecular formula is C21H25F3N2O5. The van der Waals surface area contributed by atoms with E-state index in [1.54, 1.807) is 0 Å². The number of alkyl halides is 3. The van der Waals surface area contributed by atoms with Gasteiger partial charge in [0.2, 0.25) is 0 Å². The Hall–Kier alpha value is -2.33. The molecule has 0 spiro atoms. The fourth-order valence-corrected chi connectivity index (χ4v) is 4.34. The summed E-state index contributed by atoms with van der Waals surface area (Å²) in [6, 6.07) is 3.62. The van der Waals surface area contributed by atoms with Gasteiger partial charge in [0.1, 0.15) is 12.2 Å². The van der Waals surface area contributed by atoms with Crippen LogP contribution in [0.5, 0.6) is 0 Å². The van der Waals surface area contributed by atoms with Crippen molar-refractivity contribution in [3.05, 3.63) is 35.4 Å². The molecule has 31 heavy (non-hydrogen) atoms. The van der Waals surface area contributed by atoms with Gasteiger partial charge in [-0.05, 0) is 37.1 Å². The molecule has 0 bridgehead atoms. The van der Waals surface area contributed by atoms with Gasteiger partial charge in [0, 0.05) is 11.6 Å². The summed E-state index contributed by atoms with van der Waals surface area (Å²) in [4.78, 5) is 24.6. The number of carbonyl (C=O) groups excluding carboxylic acids is 2. The lowest BCUT2D eigenvalue weighted by Crippen LogP contribution is -2.45. The smallest absolute Gasteiger partial charge is 0.416 e. The fourth-order valence-electron chi connectivity index (χ4n) is 4.34. The van der Waals surface area contributed by atoms with Crippen LogP contribution in [-0.2, 0) is 20.4 Å². The highest BCUT2D eigenvalue weighted by Crippen LogP contribution is 2.31. The second kappa shape index (κ2) is 9.04. The highest BCUT2D eigenvalue weighted by atomic mass is 19.4. The van der Waals surface area contributed by atoms with E-state index in [-0.39, 0.29) is 24.8 Å². The Kier molecular flexibility index (Phi) is 6.38. The summed E-state index contributed by atoms with van der Waals surface area (Å²) < 4.78 is 54.9. The summed E-state index contributed by atoms with van der Waals surface area (Å²) in [6.45, 7) is 0.311. The van der Waals surface area contributed by atoms with Crippen LogP contribution in [0.1, 0.15) is 48.0 Å². The van der Waals surface area contributed by atoms with Crippen LogP contribution >= 0.6 is 0 Å². The summed E-state index contributed by atoms with van der Waals surface area (Å²) in [6.07, 6.45) is -1.30. The highest BCUT2D eigenvalue weighted by Gasteiger charge is 2.50. The largest absolute Gasteiger partial charge is 0.441 e. The predicted molar refractivity (Wildman–Crippen MR) is 102 cm³/mol. The molecular weight excluding hydrogens is 417 g/mol. The maximum absolute atomic E-state index is 12.7. The molecule has 4 rings (SSSR count). The standard InChI is InChI=1S/C21H25F3N2O5/c22-21(23,24)13-8-6-12(7-9-13)19(27)26-15-10-29-18-16(11-30-17(15)18)31-20(28)25-14-4-2-1-3-5-14/h6-9,14-18H,1-5,10-11H2,(H,25,28)(H,26,27)/t15-,16-,17-,18+/m1/s1. The van der Waals surface area contributed by atoms with Gasteiger partial charge in [0.05, 0.1) is 24.8 Å². The van der Waals surface area contributed by atoms with E-state index < -0.39 is 48.1 Å². The highest BCUT2D eigenvalue weighted by molar-refractivity contribution is 5.94. The number of halogens is 3. The summed E-state index contributed by atoms with van der Waals surface area (Å²) in [5.41, 5.74) is -0.715. The van der Waals surface area contributed by atoms with Crippen LogP contribution in [-0.4, -0.2) is 55.6 Å². The first kappa shape index (κ1) is 21.9. The Morgan fingerprint density at radius 1 is 0.935 bits per heavy atom. The van der Waals surface area contributed by atoms with E-state index in [2.05, 4.69) is 10.6 Å². The second-order valence-corrected chi connectivity index (χ2v) is 8.17. The molecule has 1 aromatic carbocycles. The van der Waals surface area contributed by atoms with Crippen molar-refractivity contribution in [3.63, 3.8) is 0 Å². The number of nitrogens with one attached hydrogen (secondary N) is 2. The molecule has 1 aliphatic carbocycles. The molecule has 2 heterocycles. The second-order valence-electron chi connectivity index (χ2n) is 8.17. The molecule has 4 atom stereocenters. The third-order valence-electron chi connectivity index (χ3n) is 5.98. The zero-order valence-electron chi connectivity index (χ0n) is 16.8. The van der Waals surface area contributed by atoms with Crippen LogP contribution in [0.4, 0.5) is 18.0 Å². The van der Waals surface area contributed by atoms with Crippen molar-refractivity contribution >= 4 is 12.0 Å². The molecule has 170 valence electrons. The van der Waals surface area contributed by atoms with Crippen LogP contribution < -0.4 is 10.6 Å². The molecule has 0 radical (unpaired) electrons. The van der Waals surface area contributed by atoms with Crippen molar-refractivity contribution in [1.82, 2.24) is 10.6 Å². The third-order valence-corrected chi connectivity index (χ3v) is 5.98. The summed E-state index contributed by atoms with van der Waals surface area (Å²) in [5, 5.41) is 5.62. The molecule has 2 saturated heterocycles. The number of benzene rings is 1. The van der Waals surface area contributed by atoms with Crippen LogP contribution in [0, 0.1) is 0 Å². The number of ether oxygens (including phenoxy) is 3. The van der Waals surface area contributed by atoms with Crippen molar-refractivity contribution in [2.24, 2.45) is 0 Å². The molecule has 7 nitrogen and oxygen atoms in total. The quantitative estimate of drug-likeness (QED) is 0.749. The maximum Gasteiger partial charge on any atom is 0.416 e. The van der Waals surface area contributed by atoms with Gasteiger partial charge in [-0.15, -0.1) is 0 Å². The number of alkyl carbamates (subject to hydrolysis) is 1. The lowest BCUT2D eigenvalue weighted by atomic mass is 9.96. The summed E-state index contributed by atoms with van der Waals surface area (Å²) >= 11 is 0. The number of rotatable bonds is 4. The number of carbonyl (C=O) groups is 2. The van der Waals surface area contributed by atoms with Gasteiger partial charge in [0.25, 0.3) is 5.91 Å². The fraction of sp³-hybridized carbons (Fsp3) is 0.619. The molecule has 0 aromatic heterocycles. The number of amides is 2. The Morgan fingerprint density at radius 2 is 1.61 bits per heavy atom. The van der Waals surface area contributed by atoms with E-state index in [0.29, 0.717) is 0 Å². The van der Waals surface area contributed by atoms with Crippen molar-refractivity contribution in [2.75, 3.05) is 13.2 Å². The molecule has 10 heteroatoms. The monoisotopic (exact) mass is 442 g/mol. The van der Waals surface area contributed by atoms with E-state index in [1.807, 2.05) is 0 Å². The van der Waals surface area contributed by atoms with Crippen molar-refractivity contribution in [2.45, 2.75) is 68.7 Å². The van der Waals surface area contributed by atoms with E-state index in [4.69, 9.17) is 14.2 Å². The summed E-state index contributed by atoms with van der Waals surface area (Å²) in [5.74, 6) is -0.522. The molecule has 2 N–H and O–H groups in total. The topological polar surface area (TPSA) is 85.9 Å². The average Bonchev–Trinajstić information content (AvgIpc) is 3.31. The molecule has 3 fully saturated rings. The molecule has 3 aliphatic rings. The SMILES string of the molecule is O=C(NC1CCCCC1)O[C@@H]1CO[C@H]2[C@H]1OC[C@H]2NC(=O)c1ccc(C(F)(F)F)cc1. The van der Waals surface area contributed by atoms with Crippen molar-refractivity contribution in [3.8, 4) is 0 Å². The van der Waals surface area contributed by atoms with Gasteiger partial charge in [-0.25, -0.2) is 4.79 Å². The van der Waals surface area contributed by atoms with Gasteiger partial charge in [0.15, 0.2) is 6.10 Å². The number of hydrogen-bond donors (Lipinski definition) is 2. The first-order valence-electron chi connectivity index (χ1n) is 10.5. The lowest BCUT2D eigenvalue weighted by molar-refractivity contribution is -0.137. The zero-order chi connectivity index (χ0) is 22.0. The molecule has 2 aliphatic heterocycles. The maximum atomic E-state index is 12.7. The molecule has 0 unspecified atom stereocenters. The van der Waals surface area contributed by atoms with E-state index in [1.165, 1.54) is 6.42 Å². The Bertz CT molecular complexity index is 795. The first-order valence-corrected chi connectivity index (χ1v) is 10.5. The van der Waals surface area contributed by atoms with E-state index >= 15 is 0 Å². The Balaban J connectivity index is 1.28. The van der Waals surface area contributed by atoms with Crippen LogP contribution in [0.3, 0.4) is 0 Å². The molecule has 1 saturated carbocycles. The minimum absolute atomic E-state index is 0.106. The minimum Gasteiger partial charge on any atom is -0.441 e. The zero-order valence-corrected chi connectivity index (χ0v) is 16.8. The lowest BCUT2D eigenvalue weighted by Gasteiger charge is -2.24. The van der Waals surface area contributed by atoms with E-state index in [0.717, 1.165) is 49.9 Å². The Morgan fingerprint density at radius 3 is 2.29 bits per heavy atom. The van der Waals surface area contributed by atoms with Gasteiger partial charge < -0.3 is 24.8 Å². The van der Waals surface area contributed by atoms with Crippen molar-refractivity contribution in [1.29, 1.82) is 0 Å². The van der Waals surface area contributed by atoms with Gasteiger partial charge in [-0.2, -0.15) is 13.2 Å². The average molecular weight is 442 g/mol. The molecule has 1 aromatic rings. The Labute approximate surface area is 177 Å².